The Bertz CT molecular complexity index is 2140. The summed E-state index contributed by atoms with van der Waals surface area (Å²) in [6.07, 6.45) is 3.43. The highest BCUT2D eigenvalue weighted by molar-refractivity contribution is 6.09. The van der Waals surface area contributed by atoms with Gasteiger partial charge in [-0.3, -0.25) is 0 Å². The van der Waals surface area contributed by atoms with Crippen molar-refractivity contribution in [1.29, 1.82) is 0 Å². The van der Waals surface area contributed by atoms with Crippen molar-refractivity contribution in [2.45, 2.75) is 0 Å². The van der Waals surface area contributed by atoms with Crippen LogP contribution in [0, 0.1) is 0 Å². The first-order chi connectivity index (χ1) is 21.3. The lowest BCUT2D eigenvalue weighted by atomic mass is 10.0. The fourth-order valence-corrected chi connectivity index (χ4v) is 5.41. The van der Waals surface area contributed by atoms with E-state index in [1.807, 2.05) is 78.9 Å². The van der Waals surface area contributed by atoms with Crippen LogP contribution in [0.5, 0.6) is 0 Å². The van der Waals surface area contributed by atoms with Gasteiger partial charge in [-0.15, -0.1) is 0 Å². The Balaban J connectivity index is 1.35. The van der Waals surface area contributed by atoms with Crippen molar-refractivity contribution >= 4 is 22.2 Å². The number of fused-ring (bicyclic) bond motifs is 3. The van der Waals surface area contributed by atoms with E-state index >= 15 is 0 Å². The van der Waals surface area contributed by atoms with Crippen molar-refractivity contribution in [3.8, 4) is 56.4 Å². The van der Waals surface area contributed by atoms with Crippen LogP contribution in [0.2, 0.25) is 0 Å². The van der Waals surface area contributed by atoms with Crippen molar-refractivity contribution < 1.29 is 4.42 Å². The molecule has 0 fully saturated rings. The molecular weight excluding hydrogens is 530 g/mol. The molecule has 0 unspecified atom stereocenters. The molecule has 4 heterocycles. The van der Waals surface area contributed by atoms with Crippen LogP contribution >= 0.6 is 0 Å². The van der Waals surface area contributed by atoms with Crippen LogP contribution in [0.3, 0.4) is 0 Å². The van der Waals surface area contributed by atoms with Gasteiger partial charge in [0.2, 0.25) is 11.4 Å². The van der Waals surface area contributed by atoms with Crippen molar-refractivity contribution in [2.75, 3.05) is 0 Å². The molecule has 0 atom stereocenters. The molecule has 0 saturated carbocycles. The van der Waals surface area contributed by atoms with Crippen LogP contribution in [0.25, 0.3) is 78.6 Å². The van der Waals surface area contributed by atoms with Crippen LogP contribution < -0.4 is 0 Å². The first-order valence-electron chi connectivity index (χ1n) is 14.0. The maximum atomic E-state index is 5.98. The average Bonchev–Trinajstić information content (AvgIpc) is 3.48. The van der Waals surface area contributed by atoms with Gasteiger partial charge in [0.1, 0.15) is 0 Å². The largest absolute Gasteiger partial charge is 0.419 e. The third kappa shape index (κ3) is 4.61. The van der Waals surface area contributed by atoms with E-state index in [1.165, 1.54) is 0 Å². The summed E-state index contributed by atoms with van der Waals surface area (Å²) in [5.74, 6) is 1.70. The number of rotatable bonds is 5. The maximum absolute atomic E-state index is 5.98. The molecule has 6 heteroatoms. The minimum Gasteiger partial charge on any atom is -0.419 e. The highest BCUT2D eigenvalue weighted by atomic mass is 16.3. The number of hydrogen-bond acceptors (Lipinski definition) is 6. The van der Waals surface area contributed by atoms with Crippen molar-refractivity contribution in [1.82, 2.24) is 24.9 Å². The molecule has 4 aromatic heterocycles. The van der Waals surface area contributed by atoms with E-state index in [4.69, 9.17) is 19.4 Å². The molecule has 0 bridgehead atoms. The number of nitrogens with zero attached hydrogens (tertiary/aromatic N) is 5. The first-order valence-corrected chi connectivity index (χ1v) is 14.0. The Kier molecular flexibility index (Phi) is 6.01. The van der Waals surface area contributed by atoms with E-state index in [9.17, 15) is 0 Å². The Morgan fingerprint density at radius 3 is 1.56 bits per heavy atom. The van der Waals surface area contributed by atoms with Gasteiger partial charge >= 0.3 is 0 Å². The fourth-order valence-electron chi connectivity index (χ4n) is 5.41. The molecule has 0 aliphatic rings. The number of pyridine rings is 2. The molecule has 0 aliphatic carbocycles. The monoisotopic (exact) mass is 553 g/mol. The SMILES string of the molecule is c1ccc(-c2cccc(-c3nc(-c4cccc(-c5ccccc5)c4)nc(-c4ccnc5oc6ncccc6c45)n3)c2)cc1. The maximum Gasteiger partial charge on any atom is 0.230 e. The van der Waals surface area contributed by atoms with Crippen LogP contribution in [-0.2, 0) is 0 Å². The van der Waals surface area contributed by atoms with Gasteiger partial charge in [-0.2, -0.15) is 0 Å². The Hall–Kier alpha value is -6.01. The van der Waals surface area contributed by atoms with Crippen molar-refractivity contribution in [3.05, 3.63) is 140 Å². The highest BCUT2D eigenvalue weighted by Crippen LogP contribution is 2.35. The summed E-state index contributed by atoms with van der Waals surface area (Å²) >= 11 is 0. The lowest BCUT2D eigenvalue weighted by Gasteiger charge is -2.11. The quantitative estimate of drug-likeness (QED) is 0.212. The van der Waals surface area contributed by atoms with Crippen molar-refractivity contribution in [3.63, 3.8) is 0 Å². The third-order valence-corrected chi connectivity index (χ3v) is 7.48. The molecule has 6 nitrogen and oxygen atoms in total. The number of furan rings is 1. The van der Waals surface area contributed by atoms with E-state index in [2.05, 4.69) is 58.5 Å². The molecule has 8 aromatic rings. The highest BCUT2D eigenvalue weighted by Gasteiger charge is 2.19. The molecule has 0 aliphatic heterocycles. The summed E-state index contributed by atoms with van der Waals surface area (Å²) in [7, 11) is 0. The molecule has 0 N–H and O–H groups in total. The van der Waals surface area contributed by atoms with Crippen LogP contribution in [0.4, 0.5) is 0 Å². The van der Waals surface area contributed by atoms with E-state index < -0.39 is 0 Å². The van der Waals surface area contributed by atoms with Gasteiger partial charge in [0.15, 0.2) is 17.5 Å². The van der Waals surface area contributed by atoms with E-state index in [1.54, 1.807) is 12.4 Å². The summed E-state index contributed by atoms with van der Waals surface area (Å²) < 4.78 is 5.98. The third-order valence-electron chi connectivity index (χ3n) is 7.48. The summed E-state index contributed by atoms with van der Waals surface area (Å²) in [4.78, 5) is 24.0. The summed E-state index contributed by atoms with van der Waals surface area (Å²) in [6.45, 7) is 0. The van der Waals surface area contributed by atoms with Gasteiger partial charge in [-0.05, 0) is 52.6 Å². The lowest BCUT2D eigenvalue weighted by Crippen LogP contribution is -2.01. The summed E-state index contributed by atoms with van der Waals surface area (Å²) in [5, 5.41) is 1.69. The van der Waals surface area contributed by atoms with E-state index in [0.29, 0.717) is 28.9 Å². The van der Waals surface area contributed by atoms with Gasteiger partial charge < -0.3 is 4.42 Å². The van der Waals surface area contributed by atoms with Gasteiger partial charge in [-0.25, -0.2) is 24.9 Å². The first kappa shape index (κ1) is 24.8. The smallest absolute Gasteiger partial charge is 0.230 e. The normalized spacial score (nSPS) is 11.3. The van der Waals surface area contributed by atoms with Crippen molar-refractivity contribution in [2.24, 2.45) is 0 Å². The standard InChI is InChI=1S/C37H23N5O/c1-3-10-24(11-4-1)26-14-7-16-28(22-26)33-40-34(29-17-8-15-27(23-29)25-12-5-2-6-13-25)42-35(41-33)30-19-21-39-37-32(30)31-18-9-20-38-36(31)43-37/h1-23H. The predicted molar refractivity (Wildman–Crippen MR) is 170 cm³/mol. The molecule has 202 valence electrons. The van der Waals surface area contributed by atoms with Crippen LogP contribution in [-0.4, -0.2) is 24.9 Å². The Morgan fingerprint density at radius 1 is 0.395 bits per heavy atom. The zero-order valence-corrected chi connectivity index (χ0v) is 22.9. The molecule has 0 radical (unpaired) electrons. The van der Waals surface area contributed by atoms with Gasteiger partial charge in [0, 0.05) is 29.1 Å². The summed E-state index contributed by atoms with van der Waals surface area (Å²) in [5.41, 5.74) is 8.05. The minimum atomic E-state index is 0.492. The predicted octanol–water partition coefficient (Wildman–Crippen LogP) is 8.90. The number of hydrogen-bond donors (Lipinski definition) is 0. The molecule has 0 amide bonds. The second-order valence-electron chi connectivity index (χ2n) is 10.2. The molecule has 4 aromatic carbocycles. The topological polar surface area (TPSA) is 77.6 Å². The van der Waals surface area contributed by atoms with Gasteiger partial charge in [-0.1, -0.05) is 97.1 Å². The lowest BCUT2D eigenvalue weighted by molar-refractivity contribution is 0.640. The minimum absolute atomic E-state index is 0.492. The Labute approximate surface area is 247 Å². The van der Waals surface area contributed by atoms with Crippen LogP contribution in [0.15, 0.2) is 144 Å². The second kappa shape index (κ2) is 10.4. The summed E-state index contributed by atoms with van der Waals surface area (Å²) in [6, 6.07) is 43.0. The molecule has 0 saturated heterocycles. The average molecular weight is 554 g/mol. The number of benzene rings is 4. The second-order valence-corrected chi connectivity index (χ2v) is 10.2. The fraction of sp³-hybridized carbons (Fsp3) is 0. The van der Waals surface area contributed by atoms with E-state index in [-0.39, 0.29) is 0 Å². The Morgan fingerprint density at radius 2 is 0.930 bits per heavy atom. The van der Waals surface area contributed by atoms with E-state index in [0.717, 1.165) is 49.7 Å². The molecule has 0 spiro atoms. The van der Waals surface area contributed by atoms with Crippen LogP contribution in [0.1, 0.15) is 0 Å². The zero-order chi connectivity index (χ0) is 28.6. The number of aromatic nitrogens is 5. The van der Waals surface area contributed by atoms with Gasteiger partial charge in [0.05, 0.1) is 10.8 Å². The molecular formula is C37H23N5O. The zero-order valence-electron chi connectivity index (χ0n) is 22.9. The molecule has 43 heavy (non-hydrogen) atoms. The molecule has 8 rings (SSSR count). The van der Waals surface area contributed by atoms with Gasteiger partial charge in [0.25, 0.3) is 0 Å².